The molecule has 200 valence electrons. The van der Waals surface area contributed by atoms with E-state index in [4.69, 9.17) is 28.4 Å². The van der Waals surface area contributed by atoms with E-state index in [0.717, 1.165) is 43.4 Å². The smallest absolute Gasteiger partial charge is 0.309 e. The quantitative estimate of drug-likeness (QED) is 0.252. The summed E-state index contributed by atoms with van der Waals surface area (Å²) in [6.45, 7) is 2.36. The third-order valence-corrected chi connectivity index (χ3v) is 8.43. The van der Waals surface area contributed by atoms with Crippen LogP contribution in [-0.4, -0.2) is 64.2 Å². The van der Waals surface area contributed by atoms with Gasteiger partial charge >= 0.3 is 11.9 Å². The summed E-state index contributed by atoms with van der Waals surface area (Å²) in [5, 5.41) is 0. The zero-order valence-electron chi connectivity index (χ0n) is 21.1. The lowest BCUT2D eigenvalue weighted by Gasteiger charge is -2.17. The first-order valence-corrected chi connectivity index (χ1v) is 13.7. The molecule has 0 N–H and O–H groups in total. The number of allylic oxidation sites excluding steroid dienone is 4. The summed E-state index contributed by atoms with van der Waals surface area (Å²) in [4.78, 5) is 23.4. The second-order valence-electron chi connectivity index (χ2n) is 11.0. The van der Waals surface area contributed by atoms with Crippen molar-refractivity contribution in [2.75, 3.05) is 40.0 Å². The SMILES string of the molecule is O=C(CCCCC1CC2C=CC1C2)OCC1COCO1.O=C(OCC1COCO1)C1CC2C=CC1C2. The molecule has 2 saturated heterocycles. The number of hydrogen-bond acceptors (Lipinski definition) is 8. The van der Waals surface area contributed by atoms with E-state index in [-0.39, 0.29) is 30.1 Å². The predicted octanol–water partition coefficient (Wildman–Crippen LogP) is 3.79. The van der Waals surface area contributed by atoms with E-state index in [2.05, 4.69) is 24.3 Å². The van der Waals surface area contributed by atoms with Crippen molar-refractivity contribution < 1.29 is 38.0 Å². The summed E-state index contributed by atoms with van der Waals surface area (Å²) in [6.07, 6.45) is 17.7. The van der Waals surface area contributed by atoms with Crippen LogP contribution in [0.25, 0.3) is 0 Å². The Hall–Kier alpha value is -1.74. The van der Waals surface area contributed by atoms with Gasteiger partial charge in [0.05, 0.1) is 19.1 Å². The van der Waals surface area contributed by atoms with Crippen LogP contribution in [0.1, 0.15) is 51.4 Å². The number of esters is 2. The number of carbonyl (C=O) groups excluding carboxylic acids is 2. The molecule has 0 aromatic rings. The van der Waals surface area contributed by atoms with Crippen LogP contribution in [0.4, 0.5) is 0 Å². The molecule has 4 bridgehead atoms. The summed E-state index contributed by atoms with van der Waals surface area (Å²) < 4.78 is 31.0. The Morgan fingerprint density at radius 2 is 1.42 bits per heavy atom. The molecular formula is C28H40O8. The van der Waals surface area contributed by atoms with Gasteiger partial charge in [-0.05, 0) is 68.1 Å². The molecule has 2 aliphatic heterocycles. The highest BCUT2D eigenvalue weighted by Gasteiger charge is 2.41. The maximum Gasteiger partial charge on any atom is 0.309 e. The lowest BCUT2D eigenvalue weighted by Crippen LogP contribution is -2.26. The van der Waals surface area contributed by atoms with Crippen molar-refractivity contribution in [3.63, 3.8) is 0 Å². The number of hydrogen-bond donors (Lipinski definition) is 0. The average Bonchev–Trinajstić information content (AvgIpc) is 3.74. The molecule has 36 heavy (non-hydrogen) atoms. The minimum atomic E-state index is -0.103. The number of fused-ring (bicyclic) bond motifs is 4. The Morgan fingerprint density at radius 1 is 0.750 bits per heavy atom. The summed E-state index contributed by atoms with van der Waals surface area (Å²) in [5.41, 5.74) is 0. The molecule has 4 fully saturated rings. The normalized spacial score (nSPS) is 37.3. The fourth-order valence-corrected chi connectivity index (χ4v) is 6.43. The molecule has 0 spiro atoms. The molecule has 8 nitrogen and oxygen atoms in total. The Morgan fingerprint density at radius 3 is 1.97 bits per heavy atom. The van der Waals surface area contributed by atoms with Crippen LogP contribution in [-0.2, 0) is 38.0 Å². The molecule has 8 atom stereocenters. The highest BCUT2D eigenvalue weighted by molar-refractivity contribution is 5.74. The largest absolute Gasteiger partial charge is 0.463 e. The Kier molecular flexibility index (Phi) is 9.11. The topological polar surface area (TPSA) is 89.5 Å². The Labute approximate surface area is 213 Å². The van der Waals surface area contributed by atoms with Gasteiger partial charge in [-0.15, -0.1) is 0 Å². The number of carbonyl (C=O) groups is 2. The van der Waals surface area contributed by atoms with Crippen molar-refractivity contribution in [1.82, 2.24) is 0 Å². The van der Waals surface area contributed by atoms with E-state index < -0.39 is 0 Å². The molecule has 0 radical (unpaired) electrons. The fraction of sp³-hybridized carbons (Fsp3) is 0.786. The first kappa shape index (κ1) is 25.9. The summed E-state index contributed by atoms with van der Waals surface area (Å²) in [6, 6.07) is 0. The van der Waals surface area contributed by atoms with Crippen LogP contribution in [0.15, 0.2) is 24.3 Å². The third kappa shape index (κ3) is 6.97. The molecule has 6 aliphatic rings. The van der Waals surface area contributed by atoms with E-state index in [9.17, 15) is 9.59 Å². The second kappa shape index (κ2) is 12.7. The van der Waals surface area contributed by atoms with E-state index >= 15 is 0 Å². The van der Waals surface area contributed by atoms with Gasteiger partial charge < -0.3 is 28.4 Å². The van der Waals surface area contributed by atoms with Crippen molar-refractivity contribution in [1.29, 1.82) is 0 Å². The van der Waals surface area contributed by atoms with Gasteiger partial charge in [-0.2, -0.15) is 0 Å². The molecule has 8 heteroatoms. The van der Waals surface area contributed by atoms with Crippen LogP contribution in [0.3, 0.4) is 0 Å². The van der Waals surface area contributed by atoms with Crippen LogP contribution in [0.2, 0.25) is 0 Å². The number of rotatable bonds is 10. The van der Waals surface area contributed by atoms with Crippen molar-refractivity contribution in [3.05, 3.63) is 24.3 Å². The van der Waals surface area contributed by atoms with Gasteiger partial charge in [0.25, 0.3) is 0 Å². The van der Waals surface area contributed by atoms with Crippen LogP contribution < -0.4 is 0 Å². The molecule has 0 amide bonds. The second-order valence-corrected chi connectivity index (χ2v) is 11.0. The van der Waals surface area contributed by atoms with E-state index in [1.165, 1.54) is 19.3 Å². The van der Waals surface area contributed by atoms with Gasteiger partial charge in [0.1, 0.15) is 39.0 Å². The molecule has 2 heterocycles. The maximum absolute atomic E-state index is 11.8. The van der Waals surface area contributed by atoms with Gasteiger partial charge in [-0.1, -0.05) is 30.7 Å². The first-order chi connectivity index (χ1) is 17.6. The number of unbranched alkanes of at least 4 members (excludes halogenated alkanes) is 1. The number of ether oxygens (including phenoxy) is 6. The zero-order valence-corrected chi connectivity index (χ0v) is 21.1. The van der Waals surface area contributed by atoms with Gasteiger partial charge in [-0.3, -0.25) is 9.59 Å². The molecule has 0 aromatic heterocycles. The molecule has 2 saturated carbocycles. The van der Waals surface area contributed by atoms with Gasteiger partial charge in [0.2, 0.25) is 0 Å². The zero-order chi connectivity index (χ0) is 24.7. The molecule has 6 rings (SSSR count). The van der Waals surface area contributed by atoms with Gasteiger partial charge in [0, 0.05) is 6.42 Å². The average molecular weight is 505 g/mol. The summed E-state index contributed by atoms with van der Waals surface area (Å²) >= 11 is 0. The third-order valence-electron chi connectivity index (χ3n) is 8.43. The molecule has 8 unspecified atom stereocenters. The van der Waals surface area contributed by atoms with Crippen LogP contribution >= 0.6 is 0 Å². The van der Waals surface area contributed by atoms with Crippen LogP contribution in [0.5, 0.6) is 0 Å². The molecular weight excluding hydrogens is 464 g/mol. The maximum atomic E-state index is 11.8. The molecule has 4 aliphatic carbocycles. The van der Waals surface area contributed by atoms with Gasteiger partial charge in [0.15, 0.2) is 0 Å². The van der Waals surface area contributed by atoms with Crippen molar-refractivity contribution in [3.8, 4) is 0 Å². The summed E-state index contributed by atoms with van der Waals surface area (Å²) in [5.74, 6) is 3.48. The van der Waals surface area contributed by atoms with E-state index in [1.54, 1.807) is 0 Å². The van der Waals surface area contributed by atoms with Crippen molar-refractivity contribution in [2.24, 2.45) is 35.5 Å². The minimum absolute atomic E-state index is 0.0626. The van der Waals surface area contributed by atoms with E-state index in [1.807, 2.05) is 0 Å². The van der Waals surface area contributed by atoms with Gasteiger partial charge in [-0.25, -0.2) is 0 Å². The Bertz CT molecular complexity index is 797. The monoisotopic (exact) mass is 504 g/mol. The van der Waals surface area contributed by atoms with E-state index in [0.29, 0.717) is 58.3 Å². The van der Waals surface area contributed by atoms with Crippen molar-refractivity contribution >= 4 is 11.9 Å². The highest BCUT2D eigenvalue weighted by Crippen LogP contribution is 2.45. The minimum Gasteiger partial charge on any atom is -0.463 e. The lowest BCUT2D eigenvalue weighted by molar-refractivity contribution is -0.152. The predicted molar refractivity (Wildman–Crippen MR) is 129 cm³/mol. The summed E-state index contributed by atoms with van der Waals surface area (Å²) in [7, 11) is 0. The Balaban J connectivity index is 0.000000152. The lowest BCUT2D eigenvalue weighted by atomic mass is 9.89. The first-order valence-electron chi connectivity index (χ1n) is 13.7. The van der Waals surface area contributed by atoms with Crippen LogP contribution in [0, 0.1) is 35.5 Å². The molecule has 0 aromatic carbocycles. The highest BCUT2D eigenvalue weighted by atomic mass is 16.7. The van der Waals surface area contributed by atoms with Crippen molar-refractivity contribution in [2.45, 2.75) is 63.6 Å². The fourth-order valence-electron chi connectivity index (χ4n) is 6.43. The standard InChI is InChI=1S/C16H24O4.C12H16O4/c17-16(19-10-15-9-18-11-20-15)4-2-1-3-13-7-12-5-6-14(13)8-12;13-12(15-6-10-5-14-7-16-10)11-4-8-1-2-9(11)3-8/h5-6,12-15H,1-4,7-11H2;1-2,8-11H,3-7H2.